The Morgan fingerprint density at radius 1 is 0.824 bits per heavy atom. The number of piperazine rings is 2. The molecule has 5 fully saturated rings. The van der Waals surface area contributed by atoms with Gasteiger partial charge in [0.2, 0.25) is 0 Å². The van der Waals surface area contributed by atoms with Gasteiger partial charge in [0, 0.05) is 50.3 Å². The quantitative estimate of drug-likeness (QED) is 0.607. The average molecular weight is 238 g/mol. The molecule has 17 heavy (non-hydrogen) atoms. The molecule has 0 saturated carbocycles. The highest BCUT2D eigenvalue weighted by Gasteiger charge is 2.34. The van der Waals surface area contributed by atoms with Crippen LogP contribution in [0.4, 0.5) is 0 Å². The van der Waals surface area contributed by atoms with Crippen molar-refractivity contribution in [2.45, 2.75) is 43.4 Å². The van der Waals surface area contributed by atoms with Gasteiger partial charge in [-0.2, -0.15) is 0 Å². The molecule has 0 spiro atoms. The molecule has 0 radical (unpaired) electrons. The lowest BCUT2D eigenvalue weighted by molar-refractivity contribution is 0.101. The topological polar surface area (TPSA) is 30.5 Å². The summed E-state index contributed by atoms with van der Waals surface area (Å²) >= 11 is 0. The van der Waals surface area contributed by atoms with Crippen LogP contribution in [0.2, 0.25) is 0 Å². The second kappa shape index (κ2) is 4.84. The monoisotopic (exact) mass is 238 g/mol. The van der Waals surface area contributed by atoms with Crippen LogP contribution in [0, 0.1) is 0 Å². The lowest BCUT2D eigenvalue weighted by Gasteiger charge is -2.44. The first-order chi connectivity index (χ1) is 8.22. The van der Waals surface area contributed by atoms with E-state index in [0.29, 0.717) is 0 Å². The maximum absolute atomic E-state index is 3.51. The van der Waals surface area contributed by atoms with Crippen molar-refractivity contribution in [3.63, 3.8) is 0 Å². The summed E-state index contributed by atoms with van der Waals surface area (Å²) in [5.74, 6) is 0. The highest BCUT2D eigenvalue weighted by atomic mass is 15.3. The maximum Gasteiger partial charge on any atom is 0.0233 e. The number of likely N-dealkylation sites (N-methyl/N-ethyl adjacent to an activating group) is 2. The van der Waals surface area contributed by atoms with E-state index >= 15 is 0 Å². The molecule has 0 aliphatic carbocycles. The number of fused-ring (bicyclic) bond motifs is 5. The van der Waals surface area contributed by atoms with Gasteiger partial charge in [-0.05, 0) is 33.4 Å². The summed E-state index contributed by atoms with van der Waals surface area (Å²) < 4.78 is 0. The zero-order valence-corrected chi connectivity index (χ0v) is 11.2. The smallest absolute Gasteiger partial charge is 0.0233 e. The summed E-state index contributed by atoms with van der Waals surface area (Å²) in [5, 5.41) is 6.95. The van der Waals surface area contributed by atoms with Crippen molar-refractivity contribution in [1.29, 1.82) is 0 Å². The fraction of sp³-hybridized carbons (Fsp3) is 1.00. The summed E-state index contributed by atoms with van der Waals surface area (Å²) in [7, 11) is 4.45. The molecule has 0 aromatic heterocycles. The third kappa shape index (κ3) is 2.50. The molecule has 0 aromatic carbocycles. The predicted molar refractivity (Wildman–Crippen MR) is 70.3 cm³/mol. The summed E-state index contributed by atoms with van der Waals surface area (Å²) in [6.45, 7) is 4.98. The van der Waals surface area contributed by atoms with Crippen LogP contribution in [0.5, 0.6) is 0 Å². The van der Waals surface area contributed by atoms with Gasteiger partial charge in [0.05, 0.1) is 0 Å². The number of nitrogens with zero attached hydrogens (tertiary/aromatic N) is 2. The van der Waals surface area contributed by atoms with E-state index in [1.165, 1.54) is 45.4 Å². The largest absolute Gasteiger partial charge is 0.311 e. The van der Waals surface area contributed by atoms with Crippen LogP contribution in [-0.4, -0.2) is 74.2 Å². The van der Waals surface area contributed by atoms with Gasteiger partial charge >= 0.3 is 0 Å². The molecule has 5 heterocycles. The summed E-state index contributed by atoms with van der Waals surface area (Å²) in [5.41, 5.74) is 0. The number of rotatable bonds is 0. The van der Waals surface area contributed by atoms with Crippen molar-refractivity contribution in [2.75, 3.05) is 40.3 Å². The molecule has 5 aliphatic heterocycles. The van der Waals surface area contributed by atoms with E-state index < -0.39 is 0 Å². The number of nitrogens with one attached hydrogen (secondary N) is 2. The van der Waals surface area contributed by atoms with Crippen LogP contribution in [0.3, 0.4) is 0 Å². The molecular weight excluding hydrogens is 212 g/mol. The van der Waals surface area contributed by atoms with Crippen molar-refractivity contribution >= 4 is 0 Å². The molecule has 4 bridgehead atoms. The lowest BCUT2D eigenvalue weighted by Crippen LogP contribution is -2.59. The number of hydrogen-bond acceptors (Lipinski definition) is 4. The molecule has 5 rings (SSSR count). The van der Waals surface area contributed by atoms with E-state index in [4.69, 9.17) is 0 Å². The Kier molecular flexibility index (Phi) is 3.39. The van der Waals surface area contributed by atoms with E-state index in [2.05, 4.69) is 34.5 Å². The van der Waals surface area contributed by atoms with Crippen LogP contribution in [0.15, 0.2) is 0 Å². The Balaban J connectivity index is 0.000000107. The number of likely N-dealkylation sites (tertiary alicyclic amines) is 1. The molecule has 5 saturated heterocycles. The molecule has 4 heteroatoms. The summed E-state index contributed by atoms with van der Waals surface area (Å²) in [6, 6.07) is 3.33. The zero-order chi connectivity index (χ0) is 11.8. The highest BCUT2D eigenvalue weighted by molar-refractivity contribution is 4.95. The Hall–Kier alpha value is -0.160. The molecular formula is C13H26N4. The van der Waals surface area contributed by atoms with E-state index in [1.807, 2.05) is 0 Å². The molecule has 5 aliphatic rings. The van der Waals surface area contributed by atoms with Crippen LogP contribution >= 0.6 is 0 Å². The molecule has 2 N–H and O–H groups in total. The molecule has 0 amide bonds. The van der Waals surface area contributed by atoms with Gasteiger partial charge in [0.1, 0.15) is 0 Å². The van der Waals surface area contributed by atoms with E-state index in [0.717, 1.165) is 24.2 Å². The van der Waals surface area contributed by atoms with Crippen LogP contribution in [0.1, 0.15) is 19.3 Å². The van der Waals surface area contributed by atoms with Gasteiger partial charge in [0.15, 0.2) is 0 Å². The first-order valence-electron chi connectivity index (χ1n) is 7.09. The SMILES string of the molecule is CN1CC2CC1CN2.CN1CC2CCC1CN2. The molecule has 98 valence electrons. The van der Waals surface area contributed by atoms with Crippen molar-refractivity contribution < 1.29 is 0 Å². The van der Waals surface area contributed by atoms with E-state index in [-0.39, 0.29) is 0 Å². The molecule has 0 aromatic rings. The zero-order valence-electron chi connectivity index (χ0n) is 11.2. The Bertz CT molecular complexity index is 260. The van der Waals surface area contributed by atoms with Gasteiger partial charge in [-0.15, -0.1) is 0 Å². The normalized spacial score (nSPS) is 44.8. The third-order valence-electron chi connectivity index (χ3n) is 4.95. The van der Waals surface area contributed by atoms with Crippen LogP contribution in [0.25, 0.3) is 0 Å². The molecule has 4 atom stereocenters. The van der Waals surface area contributed by atoms with Crippen LogP contribution in [-0.2, 0) is 0 Å². The predicted octanol–water partition coefficient (Wildman–Crippen LogP) is -0.285. The highest BCUT2D eigenvalue weighted by Crippen LogP contribution is 2.20. The minimum absolute atomic E-state index is 0.806. The number of piperidine rings is 2. The van der Waals surface area contributed by atoms with Gasteiger partial charge in [-0.3, -0.25) is 0 Å². The van der Waals surface area contributed by atoms with Gasteiger partial charge in [0.25, 0.3) is 0 Å². The molecule has 4 nitrogen and oxygen atoms in total. The summed E-state index contributed by atoms with van der Waals surface area (Å²) in [4.78, 5) is 4.92. The molecule has 4 unspecified atom stereocenters. The fourth-order valence-electron chi connectivity index (χ4n) is 3.70. The summed E-state index contributed by atoms with van der Waals surface area (Å²) in [6.07, 6.45) is 4.19. The van der Waals surface area contributed by atoms with Crippen LogP contribution < -0.4 is 10.6 Å². The standard InChI is InChI=1S/C7H14N2.C6H12N2/c1-9-5-6-2-3-7(9)4-8-6;1-8-4-5-2-6(8)3-7-5/h6-8H,2-5H2,1H3;5-7H,2-4H2,1H3. The first kappa shape index (κ1) is 11.9. The Labute approximate surface area is 105 Å². The maximum atomic E-state index is 3.51. The lowest BCUT2D eigenvalue weighted by atomic mass is 9.94. The van der Waals surface area contributed by atoms with Crippen molar-refractivity contribution in [3.05, 3.63) is 0 Å². The van der Waals surface area contributed by atoms with E-state index in [9.17, 15) is 0 Å². The minimum atomic E-state index is 0.806. The fourth-order valence-corrected chi connectivity index (χ4v) is 3.70. The van der Waals surface area contributed by atoms with Gasteiger partial charge < -0.3 is 20.4 Å². The third-order valence-corrected chi connectivity index (χ3v) is 4.95. The van der Waals surface area contributed by atoms with Crippen molar-refractivity contribution in [3.8, 4) is 0 Å². The van der Waals surface area contributed by atoms with Gasteiger partial charge in [-0.25, -0.2) is 0 Å². The van der Waals surface area contributed by atoms with E-state index in [1.54, 1.807) is 0 Å². The van der Waals surface area contributed by atoms with Crippen molar-refractivity contribution in [1.82, 2.24) is 20.4 Å². The second-order valence-corrected chi connectivity index (χ2v) is 6.21. The second-order valence-electron chi connectivity index (χ2n) is 6.21. The average Bonchev–Trinajstić information content (AvgIpc) is 2.92. The Morgan fingerprint density at radius 2 is 1.47 bits per heavy atom. The first-order valence-corrected chi connectivity index (χ1v) is 7.09. The minimum Gasteiger partial charge on any atom is -0.311 e. The van der Waals surface area contributed by atoms with Crippen molar-refractivity contribution in [2.24, 2.45) is 0 Å². The Morgan fingerprint density at radius 3 is 1.71 bits per heavy atom. The van der Waals surface area contributed by atoms with Gasteiger partial charge in [-0.1, -0.05) is 0 Å². The number of hydrogen-bond donors (Lipinski definition) is 2.